The Morgan fingerprint density at radius 2 is 2.18 bits per heavy atom. The van der Waals surface area contributed by atoms with Crippen molar-refractivity contribution in [3.63, 3.8) is 0 Å². The van der Waals surface area contributed by atoms with Crippen molar-refractivity contribution in [1.29, 1.82) is 0 Å². The average Bonchev–Trinajstić information content (AvgIpc) is 2.31. The topological polar surface area (TPSA) is 40.5 Å². The molecular weight excluding hydrogens is 228 g/mol. The number of nitrogens with zero attached hydrogens (tertiary/aromatic N) is 1. The Hall–Kier alpha value is -1.49. The number of hydrogen-bond donors (Lipinski definition) is 1. The zero-order valence-electron chi connectivity index (χ0n) is 9.20. The minimum Gasteiger partial charge on any atom is -0.391 e. The molecule has 1 amide bonds. The van der Waals surface area contributed by atoms with E-state index >= 15 is 0 Å². The van der Waals surface area contributed by atoms with Crippen LogP contribution in [0, 0.1) is 11.6 Å². The molecule has 5 heteroatoms. The molecule has 92 valence electrons. The fourth-order valence-corrected chi connectivity index (χ4v) is 1.97. The molecule has 0 saturated carbocycles. The maximum absolute atomic E-state index is 13.4. The highest BCUT2D eigenvalue weighted by Crippen LogP contribution is 2.16. The molecule has 0 aromatic heterocycles. The number of amides is 1. The highest BCUT2D eigenvalue weighted by atomic mass is 19.1. The molecule has 1 aliphatic heterocycles. The summed E-state index contributed by atoms with van der Waals surface area (Å²) in [6.07, 6.45) is 0.725. The third-order valence-corrected chi connectivity index (χ3v) is 2.84. The number of carbonyl (C=O) groups excluding carboxylic acids is 1. The molecular formula is C12H13F2NO2. The summed E-state index contributed by atoms with van der Waals surface area (Å²) in [7, 11) is 0. The Balaban J connectivity index is 2.21. The highest BCUT2D eigenvalue weighted by molar-refractivity contribution is 5.94. The molecule has 0 radical (unpaired) electrons. The van der Waals surface area contributed by atoms with Crippen molar-refractivity contribution in [3.8, 4) is 0 Å². The first-order valence-corrected chi connectivity index (χ1v) is 5.50. The quantitative estimate of drug-likeness (QED) is 0.810. The Bertz CT molecular complexity index is 437. The van der Waals surface area contributed by atoms with Gasteiger partial charge in [0.25, 0.3) is 5.91 Å². The normalized spacial score (nSPS) is 20.4. The Kier molecular flexibility index (Phi) is 3.38. The summed E-state index contributed by atoms with van der Waals surface area (Å²) < 4.78 is 26.4. The predicted molar refractivity (Wildman–Crippen MR) is 57.5 cm³/mol. The maximum atomic E-state index is 13.4. The molecule has 1 aromatic rings. The zero-order chi connectivity index (χ0) is 12.4. The van der Waals surface area contributed by atoms with E-state index < -0.39 is 23.6 Å². The van der Waals surface area contributed by atoms with Crippen LogP contribution >= 0.6 is 0 Å². The van der Waals surface area contributed by atoms with E-state index in [9.17, 15) is 18.7 Å². The second kappa shape index (κ2) is 4.79. The number of β-amino-alcohol motifs (C(OH)–C–C–N with tert-alkyl or cyclic N) is 1. The molecule has 1 atom stereocenters. The number of likely N-dealkylation sites (tertiary alicyclic amines) is 1. The third kappa shape index (κ3) is 2.61. The molecule has 3 nitrogen and oxygen atoms in total. The first kappa shape index (κ1) is 12.0. The lowest BCUT2D eigenvalue weighted by atomic mass is 10.1. The van der Waals surface area contributed by atoms with Gasteiger partial charge in [-0.3, -0.25) is 4.79 Å². The Labute approximate surface area is 97.7 Å². The second-order valence-electron chi connectivity index (χ2n) is 4.17. The largest absolute Gasteiger partial charge is 0.391 e. The van der Waals surface area contributed by atoms with E-state index in [4.69, 9.17) is 0 Å². The number of hydrogen-bond acceptors (Lipinski definition) is 2. The van der Waals surface area contributed by atoms with Crippen LogP contribution in [-0.4, -0.2) is 35.1 Å². The van der Waals surface area contributed by atoms with Crippen molar-refractivity contribution in [2.24, 2.45) is 0 Å². The summed E-state index contributed by atoms with van der Waals surface area (Å²) in [5, 5.41) is 9.44. The van der Waals surface area contributed by atoms with Gasteiger partial charge >= 0.3 is 0 Å². The van der Waals surface area contributed by atoms with Gasteiger partial charge in [-0.1, -0.05) is 0 Å². The van der Waals surface area contributed by atoms with Crippen molar-refractivity contribution in [3.05, 3.63) is 35.4 Å². The van der Waals surface area contributed by atoms with E-state index in [0.29, 0.717) is 19.4 Å². The summed E-state index contributed by atoms with van der Waals surface area (Å²) in [6, 6.07) is 2.79. The van der Waals surface area contributed by atoms with Crippen molar-refractivity contribution < 1.29 is 18.7 Å². The molecule has 17 heavy (non-hydrogen) atoms. The van der Waals surface area contributed by atoms with Gasteiger partial charge in [0.05, 0.1) is 11.7 Å². The summed E-state index contributed by atoms with van der Waals surface area (Å²) in [4.78, 5) is 13.3. The van der Waals surface area contributed by atoms with E-state index in [1.54, 1.807) is 0 Å². The number of aliphatic hydroxyl groups excluding tert-OH is 1. The fourth-order valence-electron chi connectivity index (χ4n) is 1.97. The third-order valence-electron chi connectivity index (χ3n) is 2.84. The van der Waals surface area contributed by atoms with Crippen molar-refractivity contribution in [2.45, 2.75) is 18.9 Å². The molecule has 0 spiro atoms. The van der Waals surface area contributed by atoms with E-state index in [1.165, 1.54) is 4.90 Å². The van der Waals surface area contributed by atoms with E-state index in [2.05, 4.69) is 0 Å². The summed E-state index contributed by atoms with van der Waals surface area (Å²) in [5.41, 5.74) is -0.279. The maximum Gasteiger partial charge on any atom is 0.257 e. The van der Waals surface area contributed by atoms with Crippen LogP contribution in [0.4, 0.5) is 8.78 Å². The van der Waals surface area contributed by atoms with Crippen LogP contribution in [0.5, 0.6) is 0 Å². The van der Waals surface area contributed by atoms with E-state index in [-0.39, 0.29) is 12.1 Å². The molecule has 1 aliphatic rings. The number of aliphatic hydroxyl groups is 1. The zero-order valence-corrected chi connectivity index (χ0v) is 9.20. The highest BCUT2D eigenvalue weighted by Gasteiger charge is 2.25. The molecule has 1 aromatic carbocycles. The number of piperidine rings is 1. The number of rotatable bonds is 1. The van der Waals surface area contributed by atoms with Crippen molar-refractivity contribution in [2.75, 3.05) is 13.1 Å². The lowest BCUT2D eigenvalue weighted by Crippen LogP contribution is -2.42. The average molecular weight is 241 g/mol. The van der Waals surface area contributed by atoms with Gasteiger partial charge in [-0.15, -0.1) is 0 Å². The van der Waals surface area contributed by atoms with E-state index in [0.717, 1.165) is 18.2 Å². The van der Waals surface area contributed by atoms with Gasteiger partial charge in [-0.05, 0) is 31.0 Å². The molecule has 1 heterocycles. The van der Waals surface area contributed by atoms with Crippen LogP contribution in [0.1, 0.15) is 23.2 Å². The smallest absolute Gasteiger partial charge is 0.257 e. The molecule has 1 N–H and O–H groups in total. The number of carbonyl (C=O) groups is 1. The van der Waals surface area contributed by atoms with Gasteiger partial charge in [-0.2, -0.15) is 0 Å². The second-order valence-corrected chi connectivity index (χ2v) is 4.17. The SMILES string of the molecule is O=C(c1cc(F)ccc1F)N1CCC[C@H](O)C1. The lowest BCUT2D eigenvalue weighted by Gasteiger charge is -2.30. The number of halogens is 2. The van der Waals surface area contributed by atoms with Crippen molar-refractivity contribution >= 4 is 5.91 Å². The van der Waals surface area contributed by atoms with Crippen LogP contribution in [-0.2, 0) is 0 Å². The molecule has 1 saturated heterocycles. The summed E-state index contributed by atoms with van der Waals surface area (Å²) >= 11 is 0. The van der Waals surface area contributed by atoms with Gasteiger partial charge in [0, 0.05) is 13.1 Å². The van der Waals surface area contributed by atoms with Crippen LogP contribution in [0.3, 0.4) is 0 Å². The summed E-state index contributed by atoms with van der Waals surface area (Å²) in [5.74, 6) is -1.95. The standard InChI is InChI=1S/C12H13F2NO2/c13-8-3-4-11(14)10(6-8)12(17)15-5-1-2-9(16)7-15/h3-4,6,9,16H,1-2,5,7H2/t9-/m0/s1. The minimum atomic E-state index is -0.739. The Morgan fingerprint density at radius 1 is 1.41 bits per heavy atom. The van der Waals surface area contributed by atoms with Crippen LogP contribution in [0.25, 0.3) is 0 Å². The first-order valence-electron chi connectivity index (χ1n) is 5.50. The minimum absolute atomic E-state index is 0.175. The fraction of sp³-hybridized carbons (Fsp3) is 0.417. The van der Waals surface area contributed by atoms with Crippen LogP contribution in [0.15, 0.2) is 18.2 Å². The number of benzene rings is 1. The monoisotopic (exact) mass is 241 g/mol. The Morgan fingerprint density at radius 3 is 2.88 bits per heavy atom. The van der Waals surface area contributed by atoms with E-state index in [1.807, 2.05) is 0 Å². The first-order chi connectivity index (χ1) is 8.08. The molecule has 2 rings (SSSR count). The summed E-state index contributed by atoms with van der Waals surface area (Å²) in [6.45, 7) is 0.640. The molecule has 0 aliphatic carbocycles. The van der Waals surface area contributed by atoms with Crippen molar-refractivity contribution in [1.82, 2.24) is 4.90 Å². The predicted octanol–water partition coefficient (Wildman–Crippen LogP) is 1.56. The molecule has 0 unspecified atom stereocenters. The lowest BCUT2D eigenvalue weighted by molar-refractivity contribution is 0.0469. The van der Waals surface area contributed by atoms with Gasteiger partial charge in [-0.25, -0.2) is 8.78 Å². The van der Waals surface area contributed by atoms with Gasteiger partial charge in [0.15, 0.2) is 0 Å². The van der Waals surface area contributed by atoms with Crippen LogP contribution < -0.4 is 0 Å². The van der Waals surface area contributed by atoms with Gasteiger partial charge in [0.2, 0.25) is 0 Å². The van der Waals surface area contributed by atoms with Gasteiger partial charge < -0.3 is 10.0 Å². The molecule has 1 fully saturated rings. The van der Waals surface area contributed by atoms with Gasteiger partial charge in [0.1, 0.15) is 11.6 Å². The van der Waals surface area contributed by atoms with Crippen LogP contribution in [0.2, 0.25) is 0 Å². The molecule has 0 bridgehead atoms.